The van der Waals surface area contributed by atoms with Crippen molar-refractivity contribution in [2.24, 2.45) is 11.8 Å². The van der Waals surface area contributed by atoms with Crippen LogP contribution in [0.3, 0.4) is 0 Å². The Labute approximate surface area is 266 Å². The molecule has 2 heterocycles. The molecule has 9 nitrogen and oxygen atoms in total. The maximum absolute atomic E-state index is 13.7. The lowest BCUT2D eigenvalue weighted by molar-refractivity contribution is -0.145. The zero-order chi connectivity index (χ0) is 33.5. The Balaban J connectivity index is 1.42. The summed E-state index contributed by atoms with van der Waals surface area (Å²) in [6.07, 6.45) is -5.61. The Morgan fingerprint density at radius 2 is 1.66 bits per heavy atom. The van der Waals surface area contributed by atoms with Gasteiger partial charge in [0, 0.05) is 30.1 Å². The van der Waals surface area contributed by atoms with Gasteiger partial charge in [0.2, 0.25) is 0 Å². The van der Waals surface area contributed by atoms with Crippen molar-refractivity contribution in [2.75, 3.05) is 16.8 Å². The average Bonchev–Trinajstić information content (AvgIpc) is 3.94. The van der Waals surface area contributed by atoms with Crippen LogP contribution in [0, 0.1) is 18.8 Å². The topological polar surface area (TPSA) is 98.1 Å². The van der Waals surface area contributed by atoms with Crippen LogP contribution in [0.1, 0.15) is 60.4 Å². The van der Waals surface area contributed by atoms with Crippen molar-refractivity contribution in [2.45, 2.75) is 77.6 Å². The summed E-state index contributed by atoms with van der Waals surface area (Å²) in [7, 11) is 0. The Hall–Kier alpha value is -4.43. The molecule has 0 aliphatic heterocycles. The molecule has 0 saturated heterocycles. The molecule has 2 aromatic heterocycles. The number of alkyl halides is 6. The van der Waals surface area contributed by atoms with E-state index in [0.717, 1.165) is 46.9 Å². The third-order valence-corrected chi connectivity index (χ3v) is 8.37. The van der Waals surface area contributed by atoms with E-state index in [-0.39, 0.29) is 43.3 Å². The highest BCUT2D eigenvalue weighted by Gasteiger charge is 2.42. The monoisotopic (exact) mass is 661 g/mol. The number of esters is 1. The number of nitrogens with zero attached hydrogens (tertiary/aromatic N) is 6. The first-order chi connectivity index (χ1) is 22.3. The number of para-hydroxylation sites is 1. The molecule has 0 radical (unpaired) electrons. The molecule has 4 aromatic rings. The summed E-state index contributed by atoms with van der Waals surface area (Å²) in [4.78, 5) is 19.4. The van der Waals surface area contributed by atoms with E-state index in [9.17, 15) is 31.1 Å². The smallest absolute Gasteiger partial charge is 0.416 e. The fraction of sp³-hybridized carbons (Fsp3) is 0.469. The molecule has 0 spiro atoms. The van der Waals surface area contributed by atoms with Gasteiger partial charge in [-0.05, 0) is 92.0 Å². The van der Waals surface area contributed by atoms with Crippen molar-refractivity contribution in [1.82, 2.24) is 25.2 Å². The molecule has 2 aliphatic carbocycles. The lowest BCUT2D eigenvalue weighted by atomic mass is 10.0. The second-order valence-electron chi connectivity index (χ2n) is 12.2. The highest BCUT2D eigenvalue weighted by atomic mass is 19.4. The number of aryl methyl sites for hydroxylation is 1. The van der Waals surface area contributed by atoms with Crippen LogP contribution in [0.15, 0.2) is 42.5 Å². The quantitative estimate of drug-likeness (QED) is 0.129. The maximum atomic E-state index is 13.7. The van der Waals surface area contributed by atoms with Gasteiger partial charge in [0.15, 0.2) is 6.54 Å². The molecule has 0 atom stereocenters. The number of halogens is 6. The Bertz CT molecular complexity index is 1720. The van der Waals surface area contributed by atoms with Crippen LogP contribution < -0.4 is 10.2 Å². The molecule has 2 aromatic carbocycles. The van der Waals surface area contributed by atoms with E-state index in [1.165, 1.54) is 4.90 Å². The second kappa shape index (κ2) is 12.6. The fourth-order valence-electron chi connectivity index (χ4n) is 5.81. The predicted octanol–water partition coefficient (Wildman–Crippen LogP) is 6.94. The number of rotatable bonds is 12. The van der Waals surface area contributed by atoms with Crippen LogP contribution in [0.25, 0.3) is 10.9 Å². The number of hydrogen-bond acceptors (Lipinski definition) is 8. The minimum Gasteiger partial charge on any atom is -0.465 e. The van der Waals surface area contributed by atoms with E-state index >= 15 is 0 Å². The summed E-state index contributed by atoms with van der Waals surface area (Å²) < 4.78 is 87.4. The summed E-state index contributed by atoms with van der Waals surface area (Å²) in [5.41, 5.74) is -0.732. The molecule has 47 heavy (non-hydrogen) atoms. The van der Waals surface area contributed by atoms with E-state index in [0.29, 0.717) is 35.3 Å². The number of fused-ring (bicyclic) bond motifs is 1. The third-order valence-electron chi connectivity index (χ3n) is 8.37. The van der Waals surface area contributed by atoms with Gasteiger partial charge < -0.3 is 15.0 Å². The van der Waals surface area contributed by atoms with E-state index in [1.807, 2.05) is 31.2 Å². The molecule has 1 N–H and O–H groups in total. The van der Waals surface area contributed by atoms with Gasteiger partial charge in [0.1, 0.15) is 5.82 Å². The largest absolute Gasteiger partial charge is 0.465 e. The first kappa shape index (κ1) is 32.5. The van der Waals surface area contributed by atoms with Crippen molar-refractivity contribution in [3.05, 3.63) is 70.3 Å². The van der Waals surface area contributed by atoms with Gasteiger partial charge in [-0.1, -0.05) is 23.3 Å². The third kappa shape index (κ3) is 7.76. The van der Waals surface area contributed by atoms with E-state index in [2.05, 4.69) is 20.7 Å². The minimum absolute atomic E-state index is 0.0377. The lowest BCUT2D eigenvalue weighted by Gasteiger charge is -2.26. The highest BCUT2D eigenvalue weighted by molar-refractivity contribution is 5.84. The molecule has 0 unspecified atom stereocenters. The number of nitrogens with one attached hydrogen (secondary N) is 1. The number of ether oxygens (including phenoxy) is 1. The van der Waals surface area contributed by atoms with Crippen molar-refractivity contribution in [3.63, 3.8) is 0 Å². The molecule has 2 saturated carbocycles. The molecule has 2 aliphatic rings. The van der Waals surface area contributed by atoms with Crippen molar-refractivity contribution in [3.8, 4) is 0 Å². The van der Waals surface area contributed by atoms with Crippen LogP contribution in [-0.2, 0) is 41.5 Å². The number of pyridine rings is 1. The maximum Gasteiger partial charge on any atom is 0.416 e. The van der Waals surface area contributed by atoms with E-state index in [4.69, 9.17) is 9.72 Å². The Morgan fingerprint density at radius 1 is 1.00 bits per heavy atom. The number of carbonyl (C=O) groups excluding carboxylic acids is 1. The van der Waals surface area contributed by atoms with Crippen LogP contribution in [0.4, 0.5) is 38.1 Å². The first-order valence-corrected chi connectivity index (χ1v) is 15.4. The molecule has 0 amide bonds. The predicted molar refractivity (Wildman–Crippen MR) is 160 cm³/mol. The number of carbonyl (C=O) groups is 1. The molecule has 6 rings (SSSR count). The first-order valence-electron chi connectivity index (χ1n) is 15.4. The molecule has 2 fully saturated rings. The highest BCUT2D eigenvalue weighted by Crippen LogP contribution is 2.46. The number of aromatic nitrogens is 5. The van der Waals surface area contributed by atoms with Gasteiger partial charge >= 0.3 is 18.3 Å². The van der Waals surface area contributed by atoms with Gasteiger partial charge in [0.25, 0.3) is 5.95 Å². The second-order valence-corrected chi connectivity index (χ2v) is 12.2. The zero-order valence-corrected chi connectivity index (χ0v) is 25.7. The van der Waals surface area contributed by atoms with E-state index in [1.54, 1.807) is 6.92 Å². The zero-order valence-electron chi connectivity index (χ0n) is 25.7. The van der Waals surface area contributed by atoms with Crippen LogP contribution in [0.5, 0.6) is 0 Å². The van der Waals surface area contributed by atoms with Gasteiger partial charge in [-0.3, -0.25) is 0 Å². The Morgan fingerprint density at radius 3 is 2.26 bits per heavy atom. The summed E-state index contributed by atoms with van der Waals surface area (Å²) >= 11 is 0. The van der Waals surface area contributed by atoms with E-state index < -0.39 is 36.0 Å². The summed E-state index contributed by atoms with van der Waals surface area (Å²) in [5, 5.41) is 16.6. The molecule has 250 valence electrons. The summed E-state index contributed by atoms with van der Waals surface area (Å²) in [5.74, 6) is 0.867. The van der Waals surface area contributed by atoms with Crippen LogP contribution >= 0.6 is 0 Å². The number of hydrogen-bond donors (Lipinski definition) is 1. The van der Waals surface area contributed by atoms with Crippen molar-refractivity contribution >= 4 is 28.6 Å². The average molecular weight is 662 g/mol. The SMILES string of the molecule is CCOC(=O)Cn1nnc(N(Cc2cc(C(F)(F)F)cc(C(F)(F)F)c2)Cc2cc3cccc(C)c3nc2NC(C2CC2)C2CC2)n1. The Kier molecular flexibility index (Phi) is 8.74. The van der Waals surface area contributed by atoms with Crippen molar-refractivity contribution in [1.29, 1.82) is 0 Å². The molecule has 15 heteroatoms. The number of benzene rings is 2. The minimum atomic E-state index is -5.01. The summed E-state index contributed by atoms with van der Waals surface area (Å²) in [6, 6.07) is 9.30. The van der Waals surface area contributed by atoms with Crippen molar-refractivity contribution < 1.29 is 35.9 Å². The molecular weight excluding hydrogens is 628 g/mol. The number of anilines is 2. The van der Waals surface area contributed by atoms with Gasteiger partial charge in [0.05, 0.1) is 23.3 Å². The summed E-state index contributed by atoms with van der Waals surface area (Å²) in [6.45, 7) is 2.84. The molecular formula is C32H33F6N7O2. The van der Waals surface area contributed by atoms with Gasteiger partial charge in [-0.2, -0.15) is 31.1 Å². The van der Waals surface area contributed by atoms with Gasteiger partial charge in [-0.15, -0.1) is 5.10 Å². The standard InChI is InChI=1S/C32H33F6N7O2/c1-3-47-26(46)17-45-42-30(41-43-45)44(15-19-11-24(31(33,34)35)14-25(12-19)32(36,37)38)16-23-13-22-6-4-5-18(2)27(22)39-29(23)40-28(20-7-8-20)21-9-10-21/h4-6,11-14,20-21,28H,3,7-10,15-17H2,1-2H3,(H,39,40). The normalized spacial score (nSPS) is 15.3. The fourth-order valence-corrected chi connectivity index (χ4v) is 5.81. The van der Waals surface area contributed by atoms with Crippen LogP contribution in [-0.4, -0.2) is 43.8 Å². The van der Waals surface area contributed by atoms with Crippen LogP contribution in [0.2, 0.25) is 0 Å². The number of tetrazole rings is 1. The molecule has 0 bridgehead atoms. The van der Waals surface area contributed by atoms with Gasteiger partial charge in [-0.25, -0.2) is 9.78 Å². The lowest BCUT2D eigenvalue weighted by Crippen LogP contribution is -2.28.